The number of aromatic nitrogens is 1. The van der Waals surface area contributed by atoms with Gasteiger partial charge in [0.15, 0.2) is 0 Å². The average Bonchev–Trinajstić information content (AvgIpc) is 2.79. The van der Waals surface area contributed by atoms with E-state index in [9.17, 15) is 22.8 Å². The Bertz CT molecular complexity index is 999. The number of anilines is 1. The van der Waals surface area contributed by atoms with Gasteiger partial charge in [0.1, 0.15) is 0 Å². The highest BCUT2D eigenvalue weighted by Gasteiger charge is 2.34. The Labute approximate surface area is 189 Å². The number of carboxylic acid groups (broad SMARTS) is 1. The van der Waals surface area contributed by atoms with E-state index < -0.39 is 23.7 Å². The van der Waals surface area contributed by atoms with E-state index in [1.807, 2.05) is 18.2 Å². The van der Waals surface area contributed by atoms with E-state index in [1.54, 1.807) is 0 Å². The first-order valence-electron chi connectivity index (χ1n) is 10.4. The molecule has 3 N–H and O–H groups in total. The van der Waals surface area contributed by atoms with Gasteiger partial charge in [0, 0.05) is 38.6 Å². The summed E-state index contributed by atoms with van der Waals surface area (Å²) in [6.45, 7) is 0.879. The summed E-state index contributed by atoms with van der Waals surface area (Å²) < 4.78 is 40.2. The number of carbonyl (C=O) groups is 2. The lowest BCUT2D eigenvalue weighted by Crippen LogP contribution is -2.41. The Kier molecular flexibility index (Phi) is 7.75. The summed E-state index contributed by atoms with van der Waals surface area (Å²) in [4.78, 5) is 30.1. The first kappa shape index (κ1) is 24.3. The van der Waals surface area contributed by atoms with Gasteiger partial charge in [-0.15, -0.1) is 0 Å². The van der Waals surface area contributed by atoms with Gasteiger partial charge in [-0.05, 0) is 42.3 Å². The molecular weight excluding hydrogens is 439 g/mol. The van der Waals surface area contributed by atoms with Crippen molar-refractivity contribution in [2.45, 2.75) is 25.7 Å². The van der Waals surface area contributed by atoms with Gasteiger partial charge in [-0.1, -0.05) is 12.1 Å². The second kappa shape index (κ2) is 10.5. The third kappa shape index (κ3) is 6.35. The maximum Gasteiger partial charge on any atom is 0.418 e. The van der Waals surface area contributed by atoms with Crippen molar-refractivity contribution in [3.05, 3.63) is 58.9 Å². The predicted molar refractivity (Wildman–Crippen MR) is 116 cm³/mol. The van der Waals surface area contributed by atoms with Crippen molar-refractivity contribution < 1.29 is 27.9 Å². The van der Waals surface area contributed by atoms with Crippen molar-refractivity contribution in [2.75, 3.05) is 38.5 Å². The van der Waals surface area contributed by atoms with Crippen LogP contribution in [-0.2, 0) is 30.5 Å². The first-order valence-corrected chi connectivity index (χ1v) is 10.4. The van der Waals surface area contributed by atoms with E-state index in [0.29, 0.717) is 0 Å². The van der Waals surface area contributed by atoms with Crippen LogP contribution in [0.3, 0.4) is 0 Å². The van der Waals surface area contributed by atoms with Crippen LogP contribution in [0.1, 0.15) is 22.4 Å². The van der Waals surface area contributed by atoms with Crippen molar-refractivity contribution in [3.8, 4) is 0 Å². The monoisotopic (exact) mass is 465 g/mol. The van der Waals surface area contributed by atoms with Crippen LogP contribution in [0.4, 0.5) is 23.7 Å². The predicted octanol–water partition coefficient (Wildman–Crippen LogP) is 2.80. The third-order valence-corrected chi connectivity index (χ3v) is 5.49. The molecule has 2 heterocycles. The number of nitrogens with zero attached hydrogens (tertiary/aromatic N) is 3. The molecule has 178 valence electrons. The number of halogens is 3. The summed E-state index contributed by atoms with van der Waals surface area (Å²) in [5.41, 5.74) is 1.82. The van der Waals surface area contributed by atoms with Crippen LogP contribution in [0.15, 0.2) is 36.5 Å². The van der Waals surface area contributed by atoms with Gasteiger partial charge < -0.3 is 25.5 Å². The molecule has 8 nitrogen and oxygen atoms in total. The summed E-state index contributed by atoms with van der Waals surface area (Å²) in [6.07, 6.45) is -3.79. The van der Waals surface area contributed by atoms with Crippen LogP contribution in [0, 0.1) is 0 Å². The Balaban J connectivity index is 1.77. The maximum atomic E-state index is 13.4. The normalized spacial score (nSPS) is 13.2. The molecule has 0 fully saturated rings. The number of likely N-dealkylation sites (N-methyl/N-ethyl adjacent to an activating group) is 1. The minimum absolute atomic E-state index is 0.0539. The van der Waals surface area contributed by atoms with Gasteiger partial charge in [-0.3, -0.25) is 9.78 Å². The number of rotatable bonds is 8. The minimum atomic E-state index is -4.62. The Morgan fingerprint density at radius 3 is 2.73 bits per heavy atom. The highest BCUT2D eigenvalue weighted by molar-refractivity contribution is 5.81. The van der Waals surface area contributed by atoms with Gasteiger partial charge in [0.2, 0.25) is 5.91 Å². The molecule has 1 aromatic carbocycles. The Morgan fingerprint density at radius 2 is 2.00 bits per heavy atom. The second-order valence-corrected chi connectivity index (χ2v) is 7.74. The number of amides is 2. The number of pyridine rings is 1. The fourth-order valence-corrected chi connectivity index (χ4v) is 3.64. The quantitative estimate of drug-likeness (QED) is 0.555. The van der Waals surface area contributed by atoms with Crippen molar-refractivity contribution in [1.82, 2.24) is 20.1 Å². The smallest absolute Gasteiger partial charge is 0.418 e. The van der Waals surface area contributed by atoms with Crippen LogP contribution in [0.2, 0.25) is 0 Å². The third-order valence-electron chi connectivity index (χ3n) is 5.49. The fraction of sp³-hybridized carbons (Fsp3) is 0.409. The van der Waals surface area contributed by atoms with E-state index in [4.69, 9.17) is 5.11 Å². The summed E-state index contributed by atoms with van der Waals surface area (Å²) in [6, 6.07) is 7.84. The molecule has 1 aliphatic heterocycles. The average molecular weight is 465 g/mol. The molecule has 1 aliphatic rings. The number of nitrogens with one attached hydrogen (secondary N) is 2. The van der Waals surface area contributed by atoms with Gasteiger partial charge in [-0.2, -0.15) is 13.2 Å². The maximum absolute atomic E-state index is 13.4. The summed E-state index contributed by atoms with van der Waals surface area (Å²) in [7, 11) is 1.33. The van der Waals surface area contributed by atoms with Crippen LogP contribution < -0.4 is 10.6 Å². The molecule has 0 aliphatic carbocycles. The van der Waals surface area contributed by atoms with Crippen LogP contribution >= 0.6 is 0 Å². The second-order valence-electron chi connectivity index (χ2n) is 7.74. The van der Waals surface area contributed by atoms with Crippen molar-refractivity contribution >= 4 is 17.7 Å². The topological polar surface area (TPSA) is 97.8 Å². The molecule has 0 atom stereocenters. The van der Waals surface area contributed by atoms with Gasteiger partial charge in [0.25, 0.3) is 0 Å². The zero-order chi connectivity index (χ0) is 24.0. The molecule has 11 heteroatoms. The number of benzene rings is 1. The van der Waals surface area contributed by atoms with E-state index in [1.165, 1.54) is 24.2 Å². The van der Waals surface area contributed by atoms with E-state index in [0.717, 1.165) is 47.3 Å². The minimum Gasteiger partial charge on any atom is -0.465 e. The Hall–Kier alpha value is -3.34. The molecule has 0 spiro atoms. The summed E-state index contributed by atoms with van der Waals surface area (Å²) >= 11 is 0. The molecule has 33 heavy (non-hydrogen) atoms. The number of hydrogen-bond donors (Lipinski definition) is 3. The largest absolute Gasteiger partial charge is 0.465 e. The first-order chi connectivity index (χ1) is 15.7. The van der Waals surface area contributed by atoms with Crippen molar-refractivity contribution in [1.29, 1.82) is 0 Å². The molecule has 2 amide bonds. The molecule has 0 radical (unpaired) electrons. The van der Waals surface area contributed by atoms with Gasteiger partial charge >= 0.3 is 12.3 Å². The SMILES string of the molecule is CN(CCN(Cc1ncccc1C(F)(F)F)C(=O)CNc1cccc2c1CCNC2)C(=O)O. The molecular formula is C22H26F3N5O3. The van der Waals surface area contributed by atoms with Crippen LogP contribution in [0.25, 0.3) is 0 Å². The molecule has 0 saturated carbocycles. The van der Waals surface area contributed by atoms with E-state index >= 15 is 0 Å². The zero-order valence-electron chi connectivity index (χ0n) is 18.2. The molecule has 3 rings (SSSR count). The standard InChI is InChI=1S/C22H26F3N5O3/c1-29(21(32)33)10-11-30(14-19-17(22(23,24)25)5-3-8-27-19)20(31)13-28-18-6-2-4-15-12-26-9-7-16(15)18/h2-6,8,26,28H,7,9-14H2,1H3,(H,32,33). The number of carbonyl (C=O) groups excluding carboxylic acids is 1. The van der Waals surface area contributed by atoms with E-state index in [2.05, 4.69) is 15.6 Å². The fourth-order valence-electron chi connectivity index (χ4n) is 3.64. The van der Waals surface area contributed by atoms with Crippen molar-refractivity contribution in [2.24, 2.45) is 0 Å². The number of fused-ring (bicyclic) bond motifs is 1. The lowest BCUT2D eigenvalue weighted by Gasteiger charge is -2.27. The molecule has 0 saturated heterocycles. The molecule has 2 aromatic rings. The molecule has 0 bridgehead atoms. The van der Waals surface area contributed by atoms with Crippen LogP contribution in [-0.4, -0.2) is 65.1 Å². The Morgan fingerprint density at radius 1 is 1.21 bits per heavy atom. The number of alkyl halides is 3. The highest BCUT2D eigenvalue weighted by atomic mass is 19.4. The van der Waals surface area contributed by atoms with Gasteiger partial charge in [0.05, 0.1) is 24.3 Å². The summed E-state index contributed by atoms with van der Waals surface area (Å²) in [5, 5.41) is 15.5. The highest BCUT2D eigenvalue weighted by Crippen LogP contribution is 2.31. The van der Waals surface area contributed by atoms with Crippen molar-refractivity contribution in [3.63, 3.8) is 0 Å². The lowest BCUT2D eigenvalue weighted by molar-refractivity contribution is -0.140. The van der Waals surface area contributed by atoms with E-state index in [-0.39, 0.29) is 31.9 Å². The lowest BCUT2D eigenvalue weighted by atomic mass is 9.99. The molecule has 1 aromatic heterocycles. The van der Waals surface area contributed by atoms with Gasteiger partial charge in [-0.25, -0.2) is 4.79 Å². The van der Waals surface area contributed by atoms with Crippen LogP contribution in [0.5, 0.6) is 0 Å². The number of hydrogen-bond acceptors (Lipinski definition) is 5. The summed E-state index contributed by atoms with van der Waals surface area (Å²) in [5.74, 6) is -0.459. The zero-order valence-corrected chi connectivity index (χ0v) is 18.2. The molecule has 0 unspecified atom stereocenters.